The Bertz CT molecular complexity index is 764. The number of nitrogens with one attached hydrogen (secondary N) is 1. The van der Waals surface area contributed by atoms with E-state index in [-0.39, 0.29) is 5.56 Å². The van der Waals surface area contributed by atoms with Gasteiger partial charge in [0.2, 0.25) is 0 Å². The van der Waals surface area contributed by atoms with Crippen molar-refractivity contribution in [1.82, 2.24) is 0 Å². The third kappa shape index (κ3) is 3.80. The summed E-state index contributed by atoms with van der Waals surface area (Å²) < 4.78 is 19.2. The first-order valence-corrected chi connectivity index (χ1v) is 8.19. The summed E-state index contributed by atoms with van der Waals surface area (Å²) in [6.45, 7) is 2.63. The molecule has 1 aliphatic heterocycles. The normalized spacial score (nSPS) is 14.5. The highest BCUT2D eigenvalue weighted by Gasteiger charge is 2.18. The highest BCUT2D eigenvalue weighted by atomic mass is 35.5. The van der Waals surface area contributed by atoms with E-state index in [2.05, 4.69) is 10.2 Å². The first-order valence-electron chi connectivity index (χ1n) is 7.43. The molecule has 2 aromatic rings. The van der Waals surface area contributed by atoms with E-state index in [0.717, 1.165) is 11.8 Å². The van der Waals surface area contributed by atoms with Crippen LogP contribution in [0.1, 0.15) is 10.4 Å². The maximum absolute atomic E-state index is 13.9. The minimum Gasteiger partial charge on any atom is -0.378 e. The number of rotatable bonds is 3. The van der Waals surface area contributed by atoms with Crippen LogP contribution < -0.4 is 10.2 Å². The van der Waals surface area contributed by atoms with Gasteiger partial charge in [0.1, 0.15) is 5.82 Å². The molecule has 4 nitrogen and oxygen atoms in total. The van der Waals surface area contributed by atoms with Crippen LogP contribution in [-0.4, -0.2) is 32.2 Å². The maximum Gasteiger partial charge on any atom is 0.258 e. The molecular weight excluding hydrogens is 354 g/mol. The van der Waals surface area contributed by atoms with Crippen LogP contribution in [0.4, 0.5) is 15.8 Å². The van der Waals surface area contributed by atoms with Crippen molar-refractivity contribution in [3.8, 4) is 0 Å². The number of ether oxygens (including phenoxy) is 1. The molecular formula is C17H15Cl2FN2O2. The summed E-state index contributed by atoms with van der Waals surface area (Å²) in [7, 11) is 0. The monoisotopic (exact) mass is 368 g/mol. The van der Waals surface area contributed by atoms with Crippen LogP contribution in [0.5, 0.6) is 0 Å². The first-order chi connectivity index (χ1) is 11.5. The zero-order valence-corrected chi connectivity index (χ0v) is 14.2. The smallest absolute Gasteiger partial charge is 0.258 e. The van der Waals surface area contributed by atoms with Gasteiger partial charge in [-0.25, -0.2) is 4.39 Å². The molecule has 1 heterocycles. The van der Waals surface area contributed by atoms with Crippen LogP contribution in [0.15, 0.2) is 36.4 Å². The molecule has 0 bridgehead atoms. The van der Waals surface area contributed by atoms with E-state index >= 15 is 0 Å². The van der Waals surface area contributed by atoms with Gasteiger partial charge in [-0.15, -0.1) is 0 Å². The summed E-state index contributed by atoms with van der Waals surface area (Å²) in [6.07, 6.45) is 0. The largest absolute Gasteiger partial charge is 0.378 e. The number of nitrogens with zero attached hydrogens (tertiary/aromatic N) is 1. The highest BCUT2D eigenvalue weighted by Crippen LogP contribution is 2.30. The molecule has 0 atom stereocenters. The number of hydrogen-bond donors (Lipinski definition) is 1. The minimum atomic E-state index is -0.633. The number of amides is 1. The molecule has 0 radical (unpaired) electrons. The third-order valence-electron chi connectivity index (χ3n) is 3.73. The van der Waals surface area contributed by atoms with Gasteiger partial charge in [0.15, 0.2) is 0 Å². The Hall–Kier alpha value is -1.82. The van der Waals surface area contributed by atoms with Crippen molar-refractivity contribution < 1.29 is 13.9 Å². The lowest BCUT2D eigenvalue weighted by Crippen LogP contribution is -2.36. The van der Waals surface area contributed by atoms with Crippen LogP contribution in [0, 0.1) is 5.82 Å². The van der Waals surface area contributed by atoms with E-state index in [1.165, 1.54) is 12.1 Å². The fourth-order valence-corrected chi connectivity index (χ4v) is 2.89. The molecule has 7 heteroatoms. The Labute approximate surface area is 149 Å². The summed E-state index contributed by atoms with van der Waals surface area (Å²) in [5.41, 5.74) is 1.22. The fourth-order valence-electron chi connectivity index (χ4n) is 2.55. The number of halogens is 3. The zero-order valence-electron chi connectivity index (χ0n) is 12.7. The highest BCUT2D eigenvalue weighted by molar-refractivity contribution is 6.31. The molecule has 0 spiro atoms. The second-order valence-corrected chi connectivity index (χ2v) is 6.21. The number of benzene rings is 2. The molecule has 24 heavy (non-hydrogen) atoms. The summed E-state index contributed by atoms with van der Waals surface area (Å²) in [5, 5.41) is 3.50. The van der Waals surface area contributed by atoms with Crippen LogP contribution >= 0.6 is 23.2 Å². The first kappa shape index (κ1) is 17.0. The summed E-state index contributed by atoms with van der Waals surface area (Å²) in [6, 6.07) is 9.09. The lowest BCUT2D eigenvalue weighted by Gasteiger charge is -2.30. The van der Waals surface area contributed by atoms with E-state index in [0.29, 0.717) is 42.0 Å². The van der Waals surface area contributed by atoms with Gasteiger partial charge in [0.05, 0.1) is 30.2 Å². The number of hydrogen-bond acceptors (Lipinski definition) is 3. The number of carbonyl (C=O) groups excluding carboxylic acids is 1. The van der Waals surface area contributed by atoms with Crippen molar-refractivity contribution >= 4 is 40.5 Å². The number of carbonyl (C=O) groups is 1. The Morgan fingerprint density at radius 2 is 1.75 bits per heavy atom. The molecule has 0 saturated carbocycles. The fraction of sp³-hybridized carbons (Fsp3) is 0.235. The molecule has 2 aromatic carbocycles. The minimum absolute atomic E-state index is 0.115. The summed E-state index contributed by atoms with van der Waals surface area (Å²) >= 11 is 11.9. The lowest BCUT2D eigenvalue weighted by molar-refractivity contribution is 0.102. The van der Waals surface area contributed by atoms with Crippen LogP contribution in [0.25, 0.3) is 0 Å². The standard InChI is InChI=1S/C17H15Cl2FN2O2/c18-11-1-3-14(20)13(9-11)17(23)21-15-10-12(19)2-4-16(15)22-5-7-24-8-6-22/h1-4,9-10H,5-8H2,(H,21,23). The van der Waals surface area contributed by atoms with Gasteiger partial charge in [-0.3, -0.25) is 4.79 Å². The van der Waals surface area contributed by atoms with E-state index in [1.807, 2.05) is 6.07 Å². The summed E-state index contributed by atoms with van der Waals surface area (Å²) in [5.74, 6) is -1.21. The van der Waals surface area contributed by atoms with Crippen LogP contribution in [-0.2, 0) is 4.74 Å². The van der Waals surface area contributed by atoms with Gasteiger partial charge < -0.3 is 15.0 Å². The van der Waals surface area contributed by atoms with E-state index in [9.17, 15) is 9.18 Å². The van der Waals surface area contributed by atoms with E-state index < -0.39 is 11.7 Å². The average molecular weight is 369 g/mol. The molecule has 1 saturated heterocycles. The van der Waals surface area contributed by atoms with Gasteiger partial charge in [0.25, 0.3) is 5.91 Å². The third-order valence-corrected chi connectivity index (χ3v) is 4.20. The molecule has 1 fully saturated rings. The topological polar surface area (TPSA) is 41.6 Å². The molecule has 126 valence electrons. The molecule has 3 rings (SSSR count). The van der Waals surface area contributed by atoms with E-state index in [1.54, 1.807) is 12.1 Å². The molecule has 1 N–H and O–H groups in total. The summed E-state index contributed by atoms with van der Waals surface area (Å²) in [4.78, 5) is 14.5. The van der Waals surface area contributed by atoms with Gasteiger partial charge in [-0.1, -0.05) is 23.2 Å². The van der Waals surface area contributed by atoms with Gasteiger partial charge >= 0.3 is 0 Å². The Morgan fingerprint density at radius 3 is 2.50 bits per heavy atom. The quantitative estimate of drug-likeness (QED) is 0.881. The number of anilines is 2. The van der Waals surface area contributed by atoms with Gasteiger partial charge in [0, 0.05) is 23.1 Å². The Balaban J connectivity index is 1.89. The number of morpholine rings is 1. The van der Waals surface area contributed by atoms with Crippen molar-refractivity contribution in [2.75, 3.05) is 36.5 Å². The van der Waals surface area contributed by atoms with Crippen molar-refractivity contribution in [3.63, 3.8) is 0 Å². The van der Waals surface area contributed by atoms with Crippen LogP contribution in [0.2, 0.25) is 10.0 Å². The maximum atomic E-state index is 13.9. The van der Waals surface area contributed by atoms with Gasteiger partial charge in [-0.05, 0) is 36.4 Å². The zero-order chi connectivity index (χ0) is 17.1. The average Bonchev–Trinajstić information content (AvgIpc) is 2.58. The second-order valence-electron chi connectivity index (χ2n) is 5.34. The van der Waals surface area contributed by atoms with Crippen molar-refractivity contribution in [2.45, 2.75) is 0 Å². The second kappa shape index (κ2) is 7.38. The van der Waals surface area contributed by atoms with Crippen molar-refractivity contribution in [1.29, 1.82) is 0 Å². The van der Waals surface area contributed by atoms with Gasteiger partial charge in [-0.2, -0.15) is 0 Å². The Morgan fingerprint density at radius 1 is 1.08 bits per heavy atom. The molecule has 0 aliphatic carbocycles. The van der Waals surface area contributed by atoms with Crippen LogP contribution in [0.3, 0.4) is 0 Å². The molecule has 0 aromatic heterocycles. The molecule has 0 unspecified atom stereocenters. The predicted octanol–water partition coefficient (Wildman–Crippen LogP) is 4.22. The predicted molar refractivity (Wildman–Crippen MR) is 93.8 cm³/mol. The molecule has 1 amide bonds. The van der Waals surface area contributed by atoms with Crippen molar-refractivity contribution in [3.05, 3.63) is 57.8 Å². The van der Waals surface area contributed by atoms with E-state index in [4.69, 9.17) is 27.9 Å². The lowest BCUT2D eigenvalue weighted by atomic mass is 10.1. The Kier molecular flexibility index (Phi) is 5.23. The van der Waals surface area contributed by atoms with Crippen molar-refractivity contribution in [2.24, 2.45) is 0 Å². The molecule has 1 aliphatic rings. The SMILES string of the molecule is O=C(Nc1cc(Cl)ccc1N1CCOCC1)c1cc(Cl)ccc1F.